The van der Waals surface area contributed by atoms with Crippen molar-refractivity contribution in [3.63, 3.8) is 0 Å². The molecule has 0 aliphatic heterocycles. The van der Waals surface area contributed by atoms with Crippen molar-refractivity contribution in [1.82, 2.24) is 19.5 Å². The number of aryl methyl sites for hydroxylation is 1. The van der Waals surface area contributed by atoms with Gasteiger partial charge in [-0.1, -0.05) is 42.0 Å². The second-order valence-corrected chi connectivity index (χ2v) is 6.00. The molecule has 6 heteroatoms. The Morgan fingerprint density at radius 2 is 2.00 bits per heavy atom. The average Bonchev–Trinajstić information content (AvgIpc) is 2.98. The molecule has 0 spiro atoms. The number of phenols is 1. The molecule has 0 radical (unpaired) electrons. The maximum absolute atomic E-state index is 12.6. The van der Waals surface area contributed by atoms with Crippen LogP contribution < -0.4 is 5.56 Å². The Balaban J connectivity index is 1.78. The molecule has 2 heterocycles. The Hall–Kier alpha value is -3.41. The van der Waals surface area contributed by atoms with E-state index in [1.54, 1.807) is 35.2 Å². The Bertz CT molecular complexity index is 1130. The number of hydrogen-bond donors (Lipinski definition) is 2. The van der Waals surface area contributed by atoms with Crippen molar-refractivity contribution in [3.8, 4) is 17.1 Å². The van der Waals surface area contributed by atoms with Gasteiger partial charge in [0.25, 0.3) is 5.56 Å². The van der Waals surface area contributed by atoms with Crippen LogP contribution in [0, 0.1) is 6.92 Å². The Morgan fingerprint density at radius 1 is 1.16 bits per heavy atom. The summed E-state index contributed by atoms with van der Waals surface area (Å²) in [4.78, 5) is 24.1. The summed E-state index contributed by atoms with van der Waals surface area (Å²) in [6.07, 6.45) is 1.63. The minimum Gasteiger partial charge on any atom is -0.508 e. The highest BCUT2D eigenvalue weighted by molar-refractivity contribution is 5.73. The van der Waals surface area contributed by atoms with E-state index in [9.17, 15) is 9.90 Å². The molecule has 0 amide bonds. The van der Waals surface area contributed by atoms with Gasteiger partial charge in [-0.05, 0) is 24.6 Å². The zero-order valence-electron chi connectivity index (χ0n) is 13.6. The third-order valence-corrected chi connectivity index (χ3v) is 4.04. The minimum atomic E-state index is -0.256. The largest absolute Gasteiger partial charge is 0.508 e. The van der Waals surface area contributed by atoms with Crippen LogP contribution in [0.4, 0.5) is 0 Å². The van der Waals surface area contributed by atoms with Gasteiger partial charge in [0.1, 0.15) is 11.6 Å². The Morgan fingerprint density at radius 3 is 2.80 bits per heavy atom. The Labute approximate surface area is 143 Å². The van der Waals surface area contributed by atoms with Gasteiger partial charge in [-0.2, -0.15) is 0 Å². The lowest BCUT2D eigenvalue weighted by molar-refractivity contribution is 0.475. The smallest absolute Gasteiger partial charge is 0.277 e. The summed E-state index contributed by atoms with van der Waals surface area (Å²) in [7, 11) is 0. The van der Waals surface area contributed by atoms with E-state index in [-0.39, 0.29) is 11.3 Å². The van der Waals surface area contributed by atoms with Crippen LogP contribution in [-0.4, -0.2) is 24.6 Å². The number of fused-ring (bicyclic) bond motifs is 1. The van der Waals surface area contributed by atoms with E-state index in [4.69, 9.17) is 0 Å². The lowest BCUT2D eigenvalue weighted by atomic mass is 10.1. The van der Waals surface area contributed by atoms with E-state index >= 15 is 0 Å². The maximum atomic E-state index is 12.6. The molecule has 0 saturated heterocycles. The van der Waals surface area contributed by atoms with Gasteiger partial charge in [0.05, 0.1) is 6.33 Å². The van der Waals surface area contributed by atoms with Gasteiger partial charge < -0.3 is 14.7 Å². The molecule has 0 fully saturated rings. The maximum Gasteiger partial charge on any atom is 0.277 e. The molecule has 0 saturated carbocycles. The molecule has 4 aromatic rings. The third kappa shape index (κ3) is 2.89. The summed E-state index contributed by atoms with van der Waals surface area (Å²) in [6.45, 7) is 2.58. The third-order valence-electron chi connectivity index (χ3n) is 4.04. The standard InChI is InChI=1S/C19H16N4O2/c1-12-4-2-5-13(8-12)10-23-11-20-18-16(23)19(25)22-17(21-18)14-6-3-7-15(24)9-14/h2-9,11,24H,10H2,1H3,(H,21,22,25). The first-order valence-corrected chi connectivity index (χ1v) is 7.90. The van der Waals surface area contributed by atoms with Gasteiger partial charge in [0.2, 0.25) is 0 Å². The van der Waals surface area contributed by atoms with Crippen LogP contribution >= 0.6 is 0 Å². The quantitative estimate of drug-likeness (QED) is 0.604. The van der Waals surface area contributed by atoms with Crippen molar-refractivity contribution in [1.29, 1.82) is 0 Å². The number of aromatic hydroxyl groups is 1. The molecule has 25 heavy (non-hydrogen) atoms. The molecule has 2 aromatic carbocycles. The van der Waals surface area contributed by atoms with Crippen molar-refractivity contribution in [2.24, 2.45) is 0 Å². The number of rotatable bonds is 3. The van der Waals surface area contributed by atoms with Gasteiger partial charge in [0, 0.05) is 12.1 Å². The first-order valence-electron chi connectivity index (χ1n) is 7.90. The van der Waals surface area contributed by atoms with Crippen molar-refractivity contribution in [2.45, 2.75) is 13.5 Å². The van der Waals surface area contributed by atoms with Crippen molar-refractivity contribution in [3.05, 3.63) is 76.3 Å². The molecule has 0 atom stereocenters. The second kappa shape index (κ2) is 5.90. The fraction of sp³-hybridized carbons (Fsp3) is 0.105. The van der Waals surface area contributed by atoms with E-state index in [0.717, 1.165) is 5.56 Å². The predicted octanol–water partition coefficient (Wildman–Crippen LogP) is 2.85. The summed E-state index contributed by atoms with van der Waals surface area (Å²) in [5.41, 5.74) is 3.46. The number of aromatic amines is 1. The summed E-state index contributed by atoms with van der Waals surface area (Å²) < 4.78 is 1.79. The summed E-state index contributed by atoms with van der Waals surface area (Å²) >= 11 is 0. The van der Waals surface area contributed by atoms with Crippen molar-refractivity contribution < 1.29 is 5.11 Å². The lowest BCUT2D eigenvalue weighted by Gasteiger charge is -2.06. The molecule has 0 aliphatic carbocycles. The molecule has 0 unspecified atom stereocenters. The second-order valence-electron chi connectivity index (χ2n) is 6.00. The fourth-order valence-corrected chi connectivity index (χ4v) is 2.90. The number of nitrogens with zero attached hydrogens (tertiary/aromatic N) is 3. The van der Waals surface area contributed by atoms with Gasteiger partial charge >= 0.3 is 0 Å². The van der Waals surface area contributed by atoms with E-state index in [0.29, 0.717) is 29.1 Å². The molecule has 0 bridgehead atoms. The zero-order valence-corrected chi connectivity index (χ0v) is 13.6. The topological polar surface area (TPSA) is 83.8 Å². The van der Waals surface area contributed by atoms with E-state index in [1.165, 1.54) is 5.56 Å². The molecule has 6 nitrogen and oxygen atoms in total. The SMILES string of the molecule is Cc1cccc(Cn2cnc3nc(-c4cccc(O)c4)[nH]c(=O)c32)c1. The first kappa shape index (κ1) is 15.1. The first-order chi connectivity index (χ1) is 12.1. The fourth-order valence-electron chi connectivity index (χ4n) is 2.90. The molecular weight excluding hydrogens is 316 g/mol. The number of hydrogen-bond acceptors (Lipinski definition) is 4. The molecule has 4 rings (SSSR count). The molecule has 124 valence electrons. The molecule has 2 aromatic heterocycles. The van der Waals surface area contributed by atoms with Crippen LogP contribution in [0.1, 0.15) is 11.1 Å². The highest BCUT2D eigenvalue weighted by Gasteiger charge is 2.12. The Kier molecular flexibility index (Phi) is 3.57. The lowest BCUT2D eigenvalue weighted by Crippen LogP contribution is -2.13. The summed E-state index contributed by atoms with van der Waals surface area (Å²) in [5, 5.41) is 9.61. The van der Waals surface area contributed by atoms with E-state index in [1.807, 2.05) is 25.1 Å². The van der Waals surface area contributed by atoms with Crippen molar-refractivity contribution in [2.75, 3.05) is 0 Å². The molecule has 0 aliphatic rings. The average molecular weight is 332 g/mol. The summed E-state index contributed by atoms with van der Waals surface area (Å²) in [6, 6.07) is 14.7. The normalized spacial score (nSPS) is 11.1. The van der Waals surface area contributed by atoms with Crippen LogP contribution in [0.3, 0.4) is 0 Å². The predicted molar refractivity (Wildman–Crippen MR) is 95.5 cm³/mol. The molecule has 2 N–H and O–H groups in total. The van der Waals surface area contributed by atoms with Gasteiger partial charge in [-0.3, -0.25) is 4.79 Å². The minimum absolute atomic E-state index is 0.116. The number of H-pyrrole nitrogens is 1. The van der Waals surface area contributed by atoms with E-state index in [2.05, 4.69) is 21.0 Å². The number of nitrogens with one attached hydrogen (secondary N) is 1. The zero-order chi connectivity index (χ0) is 17.4. The highest BCUT2D eigenvalue weighted by Crippen LogP contribution is 2.20. The number of benzene rings is 2. The van der Waals surface area contributed by atoms with Crippen LogP contribution in [0.2, 0.25) is 0 Å². The number of imidazole rings is 1. The number of aromatic nitrogens is 4. The van der Waals surface area contributed by atoms with Crippen LogP contribution in [0.5, 0.6) is 5.75 Å². The van der Waals surface area contributed by atoms with Crippen LogP contribution in [0.15, 0.2) is 59.7 Å². The van der Waals surface area contributed by atoms with E-state index < -0.39 is 0 Å². The number of phenolic OH excluding ortho intramolecular Hbond substituents is 1. The van der Waals surface area contributed by atoms with Gasteiger partial charge in [-0.25, -0.2) is 9.97 Å². The van der Waals surface area contributed by atoms with Gasteiger partial charge in [0.15, 0.2) is 11.2 Å². The van der Waals surface area contributed by atoms with Crippen LogP contribution in [-0.2, 0) is 6.54 Å². The molecular formula is C19H16N4O2. The monoisotopic (exact) mass is 332 g/mol. The highest BCUT2D eigenvalue weighted by atomic mass is 16.3. The summed E-state index contributed by atoms with van der Waals surface area (Å²) in [5.74, 6) is 0.499. The van der Waals surface area contributed by atoms with Crippen LogP contribution in [0.25, 0.3) is 22.6 Å². The van der Waals surface area contributed by atoms with Crippen molar-refractivity contribution >= 4 is 11.2 Å². The van der Waals surface area contributed by atoms with Gasteiger partial charge in [-0.15, -0.1) is 0 Å².